The number of rotatable bonds is 6. The monoisotopic (exact) mass is 336 g/mol. The van der Waals surface area contributed by atoms with Crippen LogP contribution in [0.2, 0.25) is 0 Å². The van der Waals surface area contributed by atoms with Gasteiger partial charge in [-0.2, -0.15) is 0 Å². The van der Waals surface area contributed by atoms with Crippen molar-refractivity contribution in [2.45, 2.75) is 0 Å². The fourth-order valence-electron chi connectivity index (χ4n) is 1.15. The minimum absolute atomic E-state index is 0.0344. The third-order valence-corrected chi connectivity index (χ3v) is 3.59. The second kappa shape index (κ2) is 6.72. The van der Waals surface area contributed by atoms with Gasteiger partial charge in [-0.3, -0.25) is 9.52 Å². The van der Waals surface area contributed by atoms with Gasteiger partial charge in [-0.15, -0.1) is 0 Å². The number of anilines is 1. The van der Waals surface area contributed by atoms with E-state index in [0.29, 0.717) is 5.69 Å². The molecule has 18 heavy (non-hydrogen) atoms. The number of carbonyl (C=O) groups is 1. The summed E-state index contributed by atoms with van der Waals surface area (Å²) in [5.74, 6) is -1.34. The van der Waals surface area contributed by atoms with Gasteiger partial charge in [0.1, 0.15) is 5.75 Å². The highest BCUT2D eigenvalue weighted by atomic mass is 79.9. The van der Waals surface area contributed by atoms with E-state index in [1.54, 1.807) is 24.3 Å². The van der Waals surface area contributed by atoms with Gasteiger partial charge in [0.15, 0.2) is 0 Å². The lowest BCUT2D eigenvalue weighted by molar-refractivity contribution is -0.118. The van der Waals surface area contributed by atoms with E-state index in [0.717, 1.165) is 4.47 Å². The fraction of sp³-hybridized carbons (Fsp3) is 0.300. The molecule has 100 valence electrons. The molecule has 1 aromatic rings. The van der Waals surface area contributed by atoms with Gasteiger partial charge in [0.2, 0.25) is 15.9 Å². The van der Waals surface area contributed by atoms with Gasteiger partial charge < -0.3 is 10.4 Å². The Morgan fingerprint density at radius 1 is 1.28 bits per heavy atom. The summed E-state index contributed by atoms with van der Waals surface area (Å²) >= 11 is 3.23. The summed E-state index contributed by atoms with van der Waals surface area (Å²) in [4.78, 5) is 11.2. The molecule has 0 aliphatic carbocycles. The first-order chi connectivity index (χ1) is 8.43. The van der Waals surface area contributed by atoms with Crippen LogP contribution in [0, 0.1) is 0 Å². The first kappa shape index (κ1) is 14.9. The number of carbonyl (C=O) groups excluding carboxylic acids is 1. The van der Waals surface area contributed by atoms with Crippen molar-refractivity contribution in [3.63, 3.8) is 0 Å². The molecule has 1 amide bonds. The number of benzene rings is 1. The lowest BCUT2D eigenvalue weighted by Gasteiger charge is -2.08. The molecule has 6 nitrogen and oxygen atoms in total. The maximum atomic E-state index is 11.6. The van der Waals surface area contributed by atoms with Crippen LogP contribution in [-0.2, 0) is 14.8 Å². The molecule has 0 saturated heterocycles. The van der Waals surface area contributed by atoms with Crippen LogP contribution in [0.4, 0.5) is 5.69 Å². The third kappa shape index (κ3) is 5.48. The predicted octanol–water partition coefficient (Wildman–Crippen LogP) is 0.299. The highest BCUT2D eigenvalue weighted by Crippen LogP contribution is 2.15. The molecule has 0 atom stereocenters. The molecule has 0 unspecified atom stereocenters. The first-order valence-electron chi connectivity index (χ1n) is 5.06. The summed E-state index contributed by atoms with van der Waals surface area (Å²) in [5.41, 5.74) is 0.383. The van der Waals surface area contributed by atoms with Gasteiger partial charge in [-0.05, 0) is 24.3 Å². The number of amides is 1. The summed E-state index contributed by atoms with van der Waals surface area (Å²) in [5, 5.41) is 10.8. The minimum atomic E-state index is -3.74. The van der Waals surface area contributed by atoms with Crippen molar-refractivity contribution >= 4 is 37.5 Å². The second-order valence-corrected chi connectivity index (χ2v) is 6.08. The molecule has 0 spiro atoms. The van der Waals surface area contributed by atoms with E-state index < -0.39 is 21.7 Å². The number of sulfonamides is 1. The summed E-state index contributed by atoms with van der Waals surface area (Å²) in [6.45, 7) is -0.196. The average molecular weight is 337 g/mol. The summed E-state index contributed by atoms with van der Waals surface area (Å²) in [6, 6.07) is 6.52. The zero-order chi connectivity index (χ0) is 13.6. The van der Waals surface area contributed by atoms with Gasteiger partial charge in [-0.25, -0.2) is 8.42 Å². The van der Waals surface area contributed by atoms with Crippen LogP contribution in [0.25, 0.3) is 0 Å². The number of hydrogen-bond acceptors (Lipinski definition) is 4. The molecule has 3 N–H and O–H groups in total. The lowest BCUT2D eigenvalue weighted by atomic mass is 10.3. The number of aliphatic hydroxyl groups is 1. The molecular weight excluding hydrogens is 324 g/mol. The first-order valence-corrected chi connectivity index (χ1v) is 7.51. The van der Waals surface area contributed by atoms with Gasteiger partial charge in [-0.1, -0.05) is 15.9 Å². The van der Waals surface area contributed by atoms with Crippen LogP contribution in [-0.4, -0.2) is 38.3 Å². The molecule has 8 heteroatoms. The van der Waals surface area contributed by atoms with Crippen molar-refractivity contribution < 1.29 is 18.3 Å². The Labute approximate surface area is 114 Å². The van der Waals surface area contributed by atoms with E-state index in [1.807, 2.05) is 0 Å². The van der Waals surface area contributed by atoms with Crippen LogP contribution in [0.15, 0.2) is 28.7 Å². The fourth-order valence-corrected chi connectivity index (χ4v) is 2.43. The Kier molecular flexibility index (Phi) is 5.57. The van der Waals surface area contributed by atoms with Gasteiger partial charge in [0.25, 0.3) is 0 Å². The molecular formula is C10H13BrN2O4S. The Morgan fingerprint density at radius 2 is 1.89 bits per heavy atom. The van der Waals surface area contributed by atoms with Crippen molar-refractivity contribution in [1.82, 2.24) is 5.32 Å². The van der Waals surface area contributed by atoms with Crippen molar-refractivity contribution in [3.8, 4) is 0 Å². The smallest absolute Gasteiger partial charge is 0.241 e. The van der Waals surface area contributed by atoms with E-state index in [9.17, 15) is 13.2 Å². The molecule has 1 rings (SSSR count). The van der Waals surface area contributed by atoms with Crippen LogP contribution in [0.3, 0.4) is 0 Å². The Hall–Kier alpha value is -1.12. The van der Waals surface area contributed by atoms with Gasteiger partial charge >= 0.3 is 0 Å². The second-order valence-electron chi connectivity index (χ2n) is 3.44. The molecule has 0 bridgehead atoms. The quantitative estimate of drug-likeness (QED) is 0.696. The van der Waals surface area contributed by atoms with E-state index in [-0.39, 0.29) is 13.2 Å². The molecule has 0 fully saturated rings. The highest BCUT2D eigenvalue weighted by Gasteiger charge is 2.15. The lowest BCUT2D eigenvalue weighted by Crippen LogP contribution is -2.34. The zero-order valence-corrected chi connectivity index (χ0v) is 11.8. The topological polar surface area (TPSA) is 95.5 Å². The largest absolute Gasteiger partial charge is 0.395 e. The minimum Gasteiger partial charge on any atom is -0.395 e. The van der Waals surface area contributed by atoms with E-state index in [2.05, 4.69) is 26.0 Å². The molecule has 0 aliphatic rings. The number of hydrogen-bond donors (Lipinski definition) is 3. The van der Waals surface area contributed by atoms with Crippen molar-refractivity contribution in [1.29, 1.82) is 0 Å². The Morgan fingerprint density at radius 3 is 2.44 bits per heavy atom. The normalized spacial score (nSPS) is 11.0. The molecule has 0 heterocycles. The SMILES string of the molecule is O=C(CS(=O)(=O)Nc1ccc(Br)cc1)NCCO. The number of aliphatic hydroxyl groups excluding tert-OH is 1. The molecule has 0 saturated carbocycles. The summed E-state index contributed by atoms with van der Waals surface area (Å²) in [6.07, 6.45) is 0. The highest BCUT2D eigenvalue weighted by molar-refractivity contribution is 9.10. The van der Waals surface area contributed by atoms with Crippen LogP contribution in [0.5, 0.6) is 0 Å². The number of halogens is 1. The van der Waals surface area contributed by atoms with Crippen LogP contribution < -0.4 is 10.0 Å². The van der Waals surface area contributed by atoms with E-state index >= 15 is 0 Å². The molecule has 0 aliphatic heterocycles. The predicted molar refractivity (Wildman–Crippen MR) is 71.6 cm³/mol. The van der Waals surface area contributed by atoms with E-state index in [4.69, 9.17) is 5.11 Å². The van der Waals surface area contributed by atoms with Crippen molar-refractivity contribution in [2.24, 2.45) is 0 Å². The maximum Gasteiger partial charge on any atom is 0.241 e. The van der Waals surface area contributed by atoms with E-state index in [1.165, 1.54) is 0 Å². The number of nitrogens with one attached hydrogen (secondary N) is 2. The molecule has 0 radical (unpaired) electrons. The average Bonchev–Trinajstić information content (AvgIpc) is 2.28. The van der Waals surface area contributed by atoms with Crippen molar-refractivity contribution in [3.05, 3.63) is 28.7 Å². The Bertz CT molecular complexity index is 501. The summed E-state index contributed by atoms with van der Waals surface area (Å²) < 4.78 is 26.3. The van der Waals surface area contributed by atoms with Crippen LogP contribution in [0.1, 0.15) is 0 Å². The molecule has 0 aromatic heterocycles. The summed E-state index contributed by atoms with van der Waals surface area (Å²) in [7, 11) is -3.74. The maximum absolute atomic E-state index is 11.6. The van der Waals surface area contributed by atoms with Crippen molar-refractivity contribution in [2.75, 3.05) is 23.6 Å². The zero-order valence-electron chi connectivity index (χ0n) is 9.39. The van der Waals surface area contributed by atoms with Crippen LogP contribution >= 0.6 is 15.9 Å². The van der Waals surface area contributed by atoms with Gasteiger partial charge in [0, 0.05) is 16.7 Å². The standard InChI is InChI=1S/C10H13BrN2O4S/c11-8-1-3-9(4-2-8)13-18(16,17)7-10(15)12-5-6-14/h1-4,13-14H,5-7H2,(H,12,15). The third-order valence-electron chi connectivity index (χ3n) is 1.87. The molecule has 1 aromatic carbocycles. The van der Waals surface area contributed by atoms with Gasteiger partial charge in [0.05, 0.1) is 6.61 Å². The Balaban J connectivity index is 2.59.